The van der Waals surface area contributed by atoms with Crippen molar-refractivity contribution in [1.29, 1.82) is 0 Å². The molecule has 1 rings (SSSR count). The van der Waals surface area contributed by atoms with Crippen molar-refractivity contribution in [3.8, 4) is 0 Å². The van der Waals surface area contributed by atoms with Crippen molar-refractivity contribution >= 4 is 12.0 Å². The first-order chi connectivity index (χ1) is 6.50. The van der Waals surface area contributed by atoms with Crippen LogP contribution in [-0.2, 0) is 4.79 Å². The van der Waals surface area contributed by atoms with Crippen LogP contribution in [0.25, 0.3) is 6.08 Å². The van der Waals surface area contributed by atoms with E-state index >= 15 is 0 Å². The second-order valence-corrected chi connectivity index (χ2v) is 2.79. The first kappa shape index (κ1) is 10.4. The highest BCUT2D eigenvalue weighted by Crippen LogP contribution is 2.15. The van der Waals surface area contributed by atoms with Crippen molar-refractivity contribution in [2.75, 3.05) is 0 Å². The molecule has 0 saturated heterocycles. The number of carboxylic acid groups (broad SMARTS) is 1. The van der Waals surface area contributed by atoms with E-state index in [-0.39, 0.29) is 11.1 Å². The number of benzene rings is 1. The van der Waals surface area contributed by atoms with Crippen LogP contribution in [0.4, 0.5) is 8.78 Å². The Labute approximate surface area is 79.5 Å². The predicted octanol–water partition coefficient (Wildman–Crippen LogP) is 2.37. The van der Waals surface area contributed by atoms with Crippen molar-refractivity contribution in [1.82, 2.24) is 0 Å². The van der Waals surface area contributed by atoms with E-state index in [1.807, 2.05) is 0 Å². The summed E-state index contributed by atoms with van der Waals surface area (Å²) in [6, 6.07) is 1.99. The average molecular weight is 198 g/mol. The fraction of sp³-hybridized carbons (Fsp3) is 0.100. The molecule has 0 radical (unpaired) electrons. The van der Waals surface area contributed by atoms with Gasteiger partial charge >= 0.3 is 5.97 Å². The number of carboxylic acids is 1. The fourth-order valence-electron chi connectivity index (χ4n) is 0.950. The van der Waals surface area contributed by atoms with Crippen molar-refractivity contribution < 1.29 is 18.7 Å². The number of rotatable bonds is 2. The van der Waals surface area contributed by atoms with E-state index in [2.05, 4.69) is 0 Å². The van der Waals surface area contributed by atoms with Gasteiger partial charge in [-0.2, -0.15) is 0 Å². The number of carbonyl (C=O) groups is 1. The molecule has 0 aliphatic carbocycles. The van der Waals surface area contributed by atoms with Crippen LogP contribution in [0.1, 0.15) is 11.1 Å². The summed E-state index contributed by atoms with van der Waals surface area (Å²) in [5, 5.41) is 8.29. The first-order valence-electron chi connectivity index (χ1n) is 3.87. The standard InChI is InChI=1S/C10H8F2O2/c1-6-4-9(12)7(5-8(6)11)2-3-10(13)14/h2-5H,1H3,(H,13,14). The Bertz CT molecular complexity index is 397. The topological polar surface area (TPSA) is 37.3 Å². The minimum atomic E-state index is -1.20. The normalized spacial score (nSPS) is 10.8. The molecule has 74 valence electrons. The maximum Gasteiger partial charge on any atom is 0.328 e. The van der Waals surface area contributed by atoms with E-state index in [0.29, 0.717) is 0 Å². The third-order valence-corrected chi connectivity index (χ3v) is 1.68. The van der Waals surface area contributed by atoms with Gasteiger partial charge in [0.25, 0.3) is 0 Å². The summed E-state index contributed by atoms with van der Waals surface area (Å²) >= 11 is 0. The fourth-order valence-corrected chi connectivity index (χ4v) is 0.950. The molecule has 0 aliphatic rings. The predicted molar refractivity (Wildman–Crippen MR) is 47.8 cm³/mol. The Balaban J connectivity index is 3.10. The van der Waals surface area contributed by atoms with Crippen molar-refractivity contribution in [2.24, 2.45) is 0 Å². The maximum absolute atomic E-state index is 13.1. The highest BCUT2D eigenvalue weighted by atomic mass is 19.1. The Hall–Kier alpha value is -1.71. The summed E-state index contributed by atoms with van der Waals surface area (Å²) in [5.41, 5.74) is 0.116. The highest BCUT2D eigenvalue weighted by molar-refractivity contribution is 5.85. The zero-order chi connectivity index (χ0) is 10.7. The van der Waals surface area contributed by atoms with Crippen LogP contribution >= 0.6 is 0 Å². The molecule has 0 saturated carbocycles. The molecule has 1 aromatic carbocycles. The third kappa shape index (κ3) is 2.39. The van der Waals surface area contributed by atoms with E-state index in [4.69, 9.17) is 5.11 Å². The summed E-state index contributed by atoms with van der Waals surface area (Å²) in [4.78, 5) is 10.1. The molecule has 0 fully saturated rings. The molecule has 2 nitrogen and oxygen atoms in total. The summed E-state index contributed by atoms with van der Waals surface area (Å²) in [6.45, 7) is 1.43. The summed E-state index contributed by atoms with van der Waals surface area (Å²) in [7, 11) is 0. The molecule has 14 heavy (non-hydrogen) atoms. The quantitative estimate of drug-likeness (QED) is 0.740. The van der Waals surface area contributed by atoms with Gasteiger partial charge in [0, 0.05) is 11.6 Å². The molecule has 0 spiro atoms. The first-order valence-corrected chi connectivity index (χ1v) is 3.87. The molecule has 0 aliphatic heterocycles. The lowest BCUT2D eigenvalue weighted by molar-refractivity contribution is -0.131. The van der Waals surface area contributed by atoms with Gasteiger partial charge in [0.1, 0.15) is 11.6 Å². The number of aliphatic carboxylic acids is 1. The molecular formula is C10H8F2O2. The Morgan fingerprint density at radius 2 is 2.00 bits per heavy atom. The van der Waals surface area contributed by atoms with Crippen LogP contribution in [0.3, 0.4) is 0 Å². The zero-order valence-electron chi connectivity index (χ0n) is 7.42. The highest BCUT2D eigenvalue weighted by Gasteiger charge is 2.04. The van der Waals surface area contributed by atoms with Crippen molar-refractivity contribution in [3.63, 3.8) is 0 Å². The lowest BCUT2D eigenvalue weighted by Gasteiger charge is -1.99. The van der Waals surface area contributed by atoms with Crippen LogP contribution < -0.4 is 0 Å². The van der Waals surface area contributed by atoms with Crippen molar-refractivity contribution in [2.45, 2.75) is 6.92 Å². The molecule has 1 N–H and O–H groups in total. The van der Waals surface area contributed by atoms with E-state index in [0.717, 1.165) is 24.3 Å². The second-order valence-electron chi connectivity index (χ2n) is 2.79. The van der Waals surface area contributed by atoms with Crippen LogP contribution in [0, 0.1) is 18.6 Å². The summed E-state index contributed by atoms with van der Waals surface area (Å²) < 4.78 is 26.0. The smallest absolute Gasteiger partial charge is 0.328 e. The summed E-state index contributed by atoms with van der Waals surface area (Å²) in [5.74, 6) is -2.40. The minimum absolute atomic E-state index is 0.0736. The van der Waals surface area contributed by atoms with Gasteiger partial charge in [-0.1, -0.05) is 0 Å². The van der Waals surface area contributed by atoms with E-state index in [9.17, 15) is 13.6 Å². The van der Waals surface area contributed by atoms with Crippen LogP contribution in [0.15, 0.2) is 18.2 Å². The van der Waals surface area contributed by atoms with Crippen molar-refractivity contribution in [3.05, 3.63) is 41.0 Å². The number of aryl methyl sites for hydroxylation is 1. The summed E-state index contributed by atoms with van der Waals surface area (Å²) in [6.07, 6.45) is 1.77. The minimum Gasteiger partial charge on any atom is -0.478 e. The molecule has 0 aromatic heterocycles. The molecular weight excluding hydrogens is 190 g/mol. The largest absolute Gasteiger partial charge is 0.478 e. The zero-order valence-corrected chi connectivity index (χ0v) is 7.42. The molecule has 0 heterocycles. The van der Waals surface area contributed by atoms with Gasteiger partial charge in [-0.15, -0.1) is 0 Å². The van der Waals surface area contributed by atoms with Crippen LogP contribution in [0.2, 0.25) is 0 Å². The van der Waals surface area contributed by atoms with Crippen LogP contribution in [-0.4, -0.2) is 11.1 Å². The Morgan fingerprint density at radius 3 is 2.57 bits per heavy atom. The molecule has 0 amide bonds. The SMILES string of the molecule is Cc1cc(F)c(C=CC(=O)O)cc1F. The van der Waals surface area contributed by atoms with Gasteiger partial charge in [0.05, 0.1) is 0 Å². The molecule has 4 heteroatoms. The maximum atomic E-state index is 13.1. The lowest BCUT2D eigenvalue weighted by Crippen LogP contribution is -1.91. The van der Waals surface area contributed by atoms with Gasteiger partial charge in [0.15, 0.2) is 0 Å². The molecule has 0 bridgehead atoms. The molecule has 0 atom stereocenters. The average Bonchev–Trinajstić information content (AvgIpc) is 2.09. The van der Waals surface area contributed by atoms with Gasteiger partial charge in [-0.05, 0) is 30.7 Å². The lowest BCUT2D eigenvalue weighted by atomic mass is 10.1. The van der Waals surface area contributed by atoms with Gasteiger partial charge in [-0.3, -0.25) is 0 Å². The Morgan fingerprint density at radius 1 is 1.36 bits per heavy atom. The van der Waals surface area contributed by atoms with E-state index < -0.39 is 17.6 Å². The van der Waals surface area contributed by atoms with Gasteiger partial charge < -0.3 is 5.11 Å². The number of hydrogen-bond donors (Lipinski definition) is 1. The number of halogens is 2. The molecule has 0 unspecified atom stereocenters. The second kappa shape index (κ2) is 4.00. The molecule has 1 aromatic rings. The van der Waals surface area contributed by atoms with Crippen LogP contribution in [0.5, 0.6) is 0 Å². The van der Waals surface area contributed by atoms with Gasteiger partial charge in [0.2, 0.25) is 0 Å². The van der Waals surface area contributed by atoms with E-state index in [1.165, 1.54) is 6.92 Å². The van der Waals surface area contributed by atoms with Gasteiger partial charge in [-0.25, -0.2) is 13.6 Å². The van der Waals surface area contributed by atoms with E-state index in [1.54, 1.807) is 0 Å². The monoisotopic (exact) mass is 198 g/mol. The third-order valence-electron chi connectivity index (χ3n) is 1.68. The Kier molecular flexibility index (Phi) is 2.96. The number of hydrogen-bond acceptors (Lipinski definition) is 1.